The second-order valence-corrected chi connectivity index (χ2v) is 3.50. The van der Waals surface area contributed by atoms with Gasteiger partial charge in [-0.1, -0.05) is 0 Å². The van der Waals surface area contributed by atoms with Crippen molar-refractivity contribution < 1.29 is 13.5 Å². The van der Waals surface area contributed by atoms with Gasteiger partial charge in [0.2, 0.25) is 5.95 Å². The fourth-order valence-corrected chi connectivity index (χ4v) is 1.59. The first-order chi connectivity index (χ1) is 7.18. The molecule has 0 bridgehead atoms. The normalized spacial score (nSPS) is 16.9. The van der Waals surface area contributed by atoms with Crippen molar-refractivity contribution in [3.05, 3.63) is 23.4 Å². The van der Waals surface area contributed by atoms with Crippen LogP contribution in [0, 0.1) is 18.7 Å². The SMILES string of the molecule is Cc1cc(F)nc(N2CCOCC2)c1F. The van der Waals surface area contributed by atoms with Crippen LogP contribution in [0.1, 0.15) is 5.56 Å². The summed E-state index contributed by atoms with van der Waals surface area (Å²) in [6, 6.07) is 1.10. The number of hydrogen-bond donors (Lipinski definition) is 0. The Hall–Kier alpha value is -1.23. The molecule has 1 fully saturated rings. The molecular weight excluding hydrogens is 202 g/mol. The Morgan fingerprint density at radius 1 is 1.33 bits per heavy atom. The Morgan fingerprint density at radius 2 is 2.00 bits per heavy atom. The van der Waals surface area contributed by atoms with E-state index in [-0.39, 0.29) is 11.4 Å². The molecule has 0 unspecified atom stereocenters. The maximum Gasteiger partial charge on any atom is 0.215 e. The van der Waals surface area contributed by atoms with Crippen LogP contribution in [0.15, 0.2) is 6.07 Å². The zero-order valence-electron chi connectivity index (χ0n) is 8.46. The molecule has 82 valence electrons. The lowest BCUT2D eigenvalue weighted by Gasteiger charge is -2.28. The minimum atomic E-state index is -0.643. The third-order valence-corrected chi connectivity index (χ3v) is 2.40. The first-order valence-electron chi connectivity index (χ1n) is 4.84. The molecule has 0 saturated carbocycles. The Balaban J connectivity index is 2.33. The number of morpholine rings is 1. The molecule has 3 nitrogen and oxygen atoms in total. The highest BCUT2D eigenvalue weighted by Crippen LogP contribution is 2.20. The van der Waals surface area contributed by atoms with Crippen molar-refractivity contribution in [1.29, 1.82) is 0 Å². The van der Waals surface area contributed by atoms with E-state index in [1.54, 1.807) is 4.90 Å². The van der Waals surface area contributed by atoms with Crippen LogP contribution in [0.25, 0.3) is 0 Å². The van der Waals surface area contributed by atoms with Gasteiger partial charge in [-0.25, -0.2) is 4.39 Å². The molecule has 5 heteroatoms. The molecule has 0 radical (unpaired) electrons. The van der Waals surface area contributed by atoms with Crippen LogP contribution in [-0.4, -0.2) is 31.3 Å². The van der Waals surface area contributed by atoms with Gasteiger partial charge in [0.25, 0.3) is 0 Å². The van der Waals surface area contributed by atoms with Crippen molar-refractivity contribution in [2.24, 2.45) is 0 Å². The minimum absolute atomic E-state index is 0.0933. The molecule has 0 aromatic carbocycles. The quantitative estimate of drug-likeness (QED) is 0.662. The number of pyridine rings is 1. The van der Waals surface area contributed by atoms with E-state index in [1.807, 2.05) is 0 Å². The third-order valence-electron chi connectivity index (χ3n) is 2.40. The van der Waals surface area contributed by atoms with Gasteiger partial charge in [-0.15, -0.1) is 0 Å². The monoisotopic (exact) mass is 214 g/mol. The van der Waals surface area contributed by atoms with Crippen LogP contribution < -0.4 is 4.90 Å². The predicted molar refractivity (Wildman–Crippen MR) is 51.9 cm³/mol. The van der Waals surface area contributed by atoms with Crippen molar-refractivity contribution in [3.63, 3.8) is 0 Å². The van der Waals surface area contributed by atoms with E-state index in [2.05, 4.69) is 4.98 Å². The van der Waals surface area contributed by atoms with Crippen molar-refractivity contribution in [1.82, 2.24) is 4.98 Å². The molecule has 15 heavy (non-hydrogen) atoms. The maximum absolute atomic E-state index is 13.7. The predicted octanol–water partition coefficient (Wildman–Crippen LogP) is 1.50. The summed E-state index contributed by atoms with van der Waals surface area (Å²) in [5.41, 5.74) is 0.281. The van der Waals surface area contributed by atoms with Gasteiger partial charge in [0.15, 0.2) is 11.6 Å². The summed E-state index contributed by atoms with van der Waals surface area (Å²) in [6.45, 7) is 3.68. The summed E-state index contributed by atoms with van der Waals surface area (Å²) in [5.74, 6) is -0.996. The number of aryl methyl sites for hydroxylation is 1. The van der Waals surface area contributed by atoms with Gasteiger partial charge in [0, 0.05) is 13.1 Å². The first-order valence-corrected chi connectivity index (χ1v) is 4.84. The lowest BCUT2D eigenvalue weighted by molar-refractivity contribution is 0.122. The fourth-order valence-electron chi connectivity index (χ4n) is 1.59. The van der Waals surface area contributed by atoms with E-state index in [0.717, 1.165) is 6.07 Å². The summed E-state index contributed by atoms with van der Waals surface area (Å²) in [4.78, 5) is 5.29. The zero-order chi connectivity index (χ0) is 10.8. The van der Waals surface area contributed by atoms with Crippen molar-refractivity contribution in [3.8, 4) is 0 Å². The minimum Gasteiger partial charge on any atom is -0.378 e. The van der Waals surface area contributed by atoms with Gasteiger partial charge in [-0.3, -0.25) is 0 Å². The average molecular weight is 214 g/mol. The highest BCUT2D eigenvalue weighted by molar-refractivity contribution is 5.43. The van der Waals surface area contributed by atoms with E-state index in [0.29, 0.717) is 26.3 Å². The van der Waals surface area contributed by atoms with Crippen LogP contribution in [0.4, 0.5) is 14.6 Å². The molecule has 1 aromatic rings. The van der Waals surface area contributed by atoms with E-state index in [4.69, 9.17) is 4.74 Å². The van der Waals surface area contributed by atoms with Gasteiger partial charge in [0.05, 0.1) is 13.2 Å². The zero-order valence-corrected chi connectivity index (χ0v) is 8.46. The third kappa shape index (κ3) is 2.07. The van der Waals surface area contributed by atoms with Gasteiger partial charge in [0.1, 0.15) is 0 Å². The van der Waals surface area contributed by atoms with Crippen LogP contribution in [0.2, 0.25) is 0 Å². The van der Waals surface area contributed by atoms with E-state index in [9.17, 15) is 8.78 Å². The molecular formula is C10H12F2N2O. The summed E-state index contributed by atoms with van der Waals surface area (Å²) in [6.07, 6.45) is 0. The number of halogens is 2. The van der Waals surface area contributed by atoms with Crippen LogP contribution >= 0.6 is 0 Å². The summed E-state index contributed by atoms with van der Waals surface area (Å²) < 4.78 is 31.8. The molecule has 2 heterocycles. The molecule has 1 aliphatic heterocycles. The van der Waals surface area contributed by atoms with Gasteiger partial charge in [-0.05, 0) is 18.6 Å². The molecule has 0 atom stereocenters. The van der Waals surface area contributed by atoms with Crippen molar-refractivity contribution >= 4 is 5.82 Å². The molecule has 0 aliphatic carbocycles. The topological polar surface area (TPSA) is 25.4 Å². The lowest BCUT2D eigenvalue weighted by Crippen LogP contribution is -2.37. The molecule has 0 N–H and O–H groups in total. The second-order valence-electron chi connectivity index (χ2n) is 3.50. The molecule has 2 rings (SSSR count). The number of aromatic nitrogens is 1. The Bertz CT molecular complexity index is 365. The van der Waals surface area contributed by atoms with Crippen molar-refractivity contribution in [2.45, 2.75) is 6.92 Å². The second kappa shape index (κ2) is 4.10. The molecule has 1 saturated heterocycles. The maximum atomic E-state index is 13.7. The lowest BCUT2D eigenvalue weighted by atomic mass is 10.2. The van der Waals surface area contributed by atoms with Gasteiger partial charge >= 0.3 is 0 Å². The Morgan fingerprint density at radius 3 is 2.67 bits per heavy atom. The highest BCUT2D eigenvalue weighted by atomic mass is 19.1. The largest absolute Gasteiger partial charge is 0.378 e. The fraction of sp³-hybridized carbons (Fsp3) is 0.500. The number of ether oxygens (including phenoxy) is 1. The number of anilines is 1. The highest BCUT2D eigenvalue weighted by Gasteiger charge is 2.18. The molecule has 0 amide bonds. The molecule has 0 spiro atoms. The summed E-state index contributed by atoms with van der Waals surface area (Å²) >= 11 is 0. The van der Waals surface area contributed by atoms with E-state index < -0.39 is 11.8 Å². The number of nitrogens with zero attached hydrogens (tertiary/aromatic N) is 2. The van der Waals surface area contributed by atoms with Crippen molar-refractivity contribution in [2.75, 3.05) is 31.2 Å². The molecule has 1 aromatic heterocycles. The summed E-state index contributed by atoms with van der Waals surface area (Å²) in [5, 5.41) is 0. The van der Waals surface area contributed by atoms with Crippen LogP contribution in [0.5, 0.6) is 0 Å². The first kappa shape index (κ1) is 10.3. The van der Waals surface area contributed by atoms with Gasteiger partial charge < -0.3 is 9.64 Å². The van der Waals surface area contributed by atoms with Gasteiger partial charge in [-0.2, -0.15) is 9.37 Å². The summed E-state index contributed by atoms with van der Waals surface area (Å²) in [7, 11) is 0. The van der Waals surface area contributed by atoms with E-state index in [1.165, 1.54) is 6.92 Å². The Labute approximate surface area is 86.7 Å². The van der Waals surface area contributed by atoms with Crippen LogP contribution in [-0.2, 0) is 4.74 Å². The average Bonchev–Trinajstić information content (AvgIpc) is 2.24. The van der Waals surface area contributed by atoms with Crippen LogP contribution in [0.3, 0.4) is 0 Å². The Kier molecular flexibility index (Phi) is 2.81. The molecule has 1 aliphatic rings. The standard InChI is InChI=1S/C10H12F2N2O/c1-7-6-8(11)13-10(9(7)12)14-2-4-15-5-3-14/h6H,2-5H2,1H3. The van der Waals surface area contributed by atoms with E-state index >= 15 is 0 Å². The number of rotatable bonds is 1. The smallest absolute Gasteiger partial charge is 0.215 e. The number of hydrogen-bond acceptors (Lipinski definition) is 3.